The van der Waals surface area contributed by atoms with E-state index in [1.807, 2.05) is 30.3 Å². The number of rotatable bonds is 6. The summed E-state index contributed by atoms with van der Waals surface area (Å²) in [6.45, 7) is 0.302. The van der Waals surface area contributed by atoms with Crippen LogP contribution in [-0.4, -0.2) is 30.8 Å². The fourth-order valence-corrected chi connectivity index (χ4v) is 1.97. The molecule has 1 saturated carbocycles. The molecule has 1 fully saturated rings. The fourth-order valence-electron chi connectivity index (χ4n) is 1.97. The number of hydrogen-bond donors (Lipinski definition) is 2. The summed E-state index contributed by atoms with van der Waals surface area (Å²) in [7, 11) is 1.51. The van der Waals surface area contributed by atoms with E-state index in [0.29, 0.717) is 12.5 Å². The zero-order valence-electron chi connectivity index (χ0n) is 10.5. The highest BCUT2D eigenvalue weighted by atomic mass is 16.5. The molecule has 0 saturated heterocycles. The van der Waals surface area contributed by atoms with Gasteiger partial charge in [0, 0.05) is 13.7 Å². The van der Waals surface area contributed by atoms with Gasteiger partial charge in [-0.25, -0.2) is 0 Å². The van der Waals surface area contributed by atoms with Crippen LogP contribution in [0.25, 0.3) is 0 Å². The highest BCUT2D eigenvalue weighted by Gasteiger charge is 2.30. The summed E-state index contributed by atoms with van der Waals surface area (Å²) < 4.78 is 5.21. The topological polar surface area (TPSA) is 58.6 Å². The van der Waals surface area contributed by atoms with Crippen molar-refractivity contribution in [3.8, 4) is 0 Å². The normalized spacial score (nSPS) is 18.1. The Labute approximate surface area is 107 Å². The maximum atomic E-state index is 12.0. The third kappa shape index (κ3) is 3.31. The second-order valence-corrected chi connectivity index (χ2v) is 4.68. The summed E-state index contributed by atoms with van der Waals surface area (Å²) >= 11 is 0. The molecule has 0 bridgehead atoms. The Morgan fingerprint density at radius 2 is 2.11 bits per heavy atom. The number of amides is 1. The van der Waals surface area contributed by atoms with Gasteiger partial charge < -0.3 is 15.2 Å². The number of hydrogen-bond acceptors (Lipinski definition) is 3. The van der Waals surface area contributed by atoms with Gasteiger partial charge in [-0.1, -0.05) is 30.3 Å². The monoisotopic (exact) mass is 249 g/mol. The first kappa shape index (κ1) is 13.1. The Balaban J connectivity index is 1.89. The number of benzene rings is 1. The van der Waals surface area contributed by atoms with Crippen LogP contribution < -0.4 is 5.32 Å². The Hall–Kier alpha value is -1.39. The van der Waals surface area contributed by atoms with Crippen molar-refractivity contribution >= 4 is 5.91 Å². The number of aliphatic hydroxyl groups excluding tert-OH is 1. The molecule has 2 N–H and O–H groups in total. The van der Waals surface area contributed by atoms with Crippen molar-refractivity contribution in [2.45, 2.75) is 25.0 Å². The number of nitrogens with one attached hydrogen (secondary N) is 1. The summed E-state index contributed by atoms with van der Waals surface area (Å²) in [4.78, 5) is 12.0. The number of methoxy groups -OCH3 is 1. The van der Waals surface area contributed by atoms with E-state index in [0.717, 1.165) is 18.4 Å². The van der Waals surface area contributed by atoms with E-state index in [1.165, 1.54) is 7.11 Å². The Morgan fingerprint density at radius 1 is 1.44 bits per heavy atom. The quantitative estimate of drug-likeness (QED) is 0.798. The predicted octanol–water partition coefficient (Wildman–Crippen LogP) is 1.26. The summed E-state index contributed by atoms with van der Waals surface area (Å²) in [5.74, 6) is 0.159. The van der Waals surface area contributed by atoms with Crippen LogP contribution in [0.15, 0.2) is 30.3 Å². The van der Waals surface area contributed by atoms with Crippen molar-refractivity contribution in [1.29, 1.82) is 0 Å². The second-order valence-electron chi connectivity index (χ2n) is 4.68. The smallest absolute Gasteiger partial charge is 0.253 e. The third-order valence-electron chi connectivity index (χ3n) is 3.23. The van der Waals surface area contributed by atoms with Crippen molar-refractivity contribution < 1.29 is 14.6 Å². The van der Waals surface area contributed by atoms with Crippen LogP contribution in [0.2, 0.25) is 0 Å². The number of carbonyl (C=O) groups excluding carboxylic acids is 1. The first-order chi connectivity index (χ1) is 8.72. The van der Waals surface area contributed by atoms with Crippen molar-refractivity contribution in [2.24, 2.45) is 5.92 Å². The molecule has 2 unspecified atom stereocenters. The first-order valence-electron chi connectivity index (χ1n) is 6.26. The van der Waals surface area contributed by atoms with E-state index in [1.54, 1.807) is 0 Å². The van der Waals surface area contributed by atoms with Gasteiger partial charge in [0.1, 0.15) is 0 Å². The highest BCUT2D eigenvalue weighted by Crippen LogP contribution is 2.32. The Bertz CT molecular complexity index is 389. The van der Waals surface area contributed by atoms with E-state index in [-0.39, 0.29) is 5.91 Å². The largest absolute Gasteiger partial charge is 0.391 e. The van der Waals surface area contributed by atoms with E-state index in [2.05, 4.69) is 5.32 Å². The molecule has 1 aliphatic carbocycles. The molecule has 98 valence electrons. The maximum Gasteiger partial charge on any atom is 0.253 e. The lowest BCUT2D eigenvalue weighted by molar-refractivity contribution is -0.132. The van der Waals surface area contributed by atoms with Crippen LogP contribution in [-0.2, 0) is 9.53 Å². The van der Waals surface area contributed by atoms with E-state index in [9.17, 15) is 9.90 Å². The van der Waals surface area contributed by atoms with E-state index >= 15 is 0 Å². The molecule has 0 radical (unpaired) electrons. The molecule has 2 atom stereocenters. The Morgan fingerprint density at radius 3 is 2.67 bits per heavy atom. The average molecular weight is 249 g/mol. The van der Waals surface area contributed by atoms with Gasteiger partial charge >= 0.3 is 0 Å². The number of aliphatic hydroxyl groups is 1. The highest BCUT2D eigenvalue weighted by molar-refractivity contribution is 5.82. The summed E-state index contributed by atoms with van der Waals surface area (Å²) in [6.07, 6.45) is 1.08. The van der Waals surface area contributed by atoms with E-state index < -0.39 is 12.2 Å². The van der Waals surface area contributed by atoms with Gasteiger partial charge in [-0.15, -0.1) is 0 Å². The van der Waals surface area contributed by atoms with Gasteiger partial charge in [-0.3, -0.25) is 4.79 Å². The standard InChI is InChI=1S/C14H19NO3/c1-18-13(11-5-3-2-4-6-11)14(17)15-9-12(16)10-7-8-10/h2-6,10,12-13,16H,7-9H2,1H3,(H,15,17). The summed E-state index contributed by atoms with van der Waals surface area (Å²) in [5.41, 5.74) is 0.818. The zero-order chi connectivity index (χ0) is 13.0. The van der Waals surface area contributed by atoms with Crippen LogP contribution in [0.4, 0.5) is 0 Å². The number of carbonyl (C=O) groups is 1. The van der Waals surface area contributed by atoms with Crippen LogP contribution in [0.5, 0.6) is 0 Å². The molecule has 0 heterocycles. The lowest BCUT2D eigenvalue weighted by Crippen LogP contribution is -2.36. The fraction of sp³-hybridized carbons (Fsp3) is 0.500. The molecule has 1 aliphatic rings. The van der Waals surface area contributed by atoms with Crippen molar-refractivity contribution in [3.05, 3.63) is 35.9 Å². The minimum atomic E-state index is -0.613. The van der Waals surface area contributed by atoms with Gasteiger partial charge in [0.15, 0.2) is 6.10 Å². The molecular weight excluding hydrogens is 230 g/mol. The van der Waals surface area contributed by atoms with Crippen molar-refractivity contribution in [2.75, 3.05) is 13.7 Å². The maximum absolute atomic E-state index is 12.0. The molecule has 0 spiro atoms. The number of ether oxygens (including phenoxy) is 1. The lowest BCUT2D eigenvalue weighted by Gasteiger charge is -2.17. The first-order valence-corrected chi connectivity index (χ1v) is 6.26. The minimum Gasteiger partial charge on any atom is -0.391 e. The molecule has 0 aliphatic heterocycles. The molecule has 1 aromatic rings. The molecule has 1 amide bonds. The summed E-state index contributed by atoms with van der Waals surface area (Å²) in [5, 5.41) is 12.4. The van der Waals surface area contributed by atoms with Gasteiger partial charge in [-0.2, -0.15) is 0 Å². The molecular formula is C14H19NO3. The molecule has 18 heavy (non-hydrogen) atoms. The second kappa shape index (κ2) is 5.98. The Kier molecular flexibility index (Phi) is 4.33. The van der Waals surface area contributed by atoms with Gasteiger partial charge in [0.25, 0.3) is 5.91 Å². The molecule has 4 nitrogen and oxygen atoms in total. The summed E-state index contributed by atoms with van der Waals surface area (Å²) in [6, 6.07) is 9.34. The van der Waals surface area contributed by atoms with Crippen LogP contribution in [0, 0.1) is 5.92 Å². The molecule has 0 aromatic heterocycles. The lowest BCUT2D eigenvalue weighted by atomic mass is 10.1. The van der Waals surface area contributed by atoms with E-state index in [4.69, 9.17) is 4.74 Å². The minimum absolute atomic E-state index is 0.205. The van der Waals surface area contributed by atoms with Gasteiger partial charge in [-0.05, 0) is 24.3 Å². The third-order valence-corrected chi connectivity index (χ3v) is 3.23. The molecule has 4 heteroatoms. The van der Waals surface area contributed by atoms with Crippen molar-refractivity contribution in [3.63, 3.8) is 0 Å². The van der Waals surface area contributed by atoms with Gasteiger partial charge in [0.2, 0.25) is 0 Å². The molecule has 1 aromatic carbocycles. The van der Waals surface area contributed by atoms with Crippen LogP contribution in [0.1, 0.15) is 24.5 Å². The predicted molar refractivity (Wildman–Crippen MR) is 67.9 cm³/mol. The van der Waals surface area contributed by atoms with Crippen LogP contribution >= 0.6 is 0 Å². The van der Waals surface area contributed by atoms with Gasteiger partial charge in [0.05, 0.1) is 6.10 Å². The zero-order valence-corrected chi connectivity index (χ0v) is 10.5. The van der Waals surface area contributed by atoms with Crippen LogP contribution in [0.3, 0.4) is 0 Å². The molecule has 2 rings (SSSR count). The average Bonchev–Trinajstić information content (AvgIpc) is 3.22. The SMILES string of the molecule is COC(C(=O)NCC(O)C1CC1)c1ccccc1. The van der Waals surface area contributed by atoms with Crippen molar-refractivity contribution in [1.82, 2.24) is 5.32 Å².